The predicted octanol–water partition coefficient (Wildman–Crippen LogP) is 1.05. The van der Waals surface area contributed by atoms with Gasteiger partial charge in [-0.1, -0.05) is 19.4 Å². The van der Waals surface area contributed by atoms with Crippen LogP contribution in [0, 0.1) is 0 Å². The Kier molecular flexibility index (Phi) is 8.64. The minimum atomic E-state index is -0.0127. The molecule has 22 heavy (non-hydrogen) atoms. The van der Waals surface area contributed by atoms with Crippen molar-refractivity contribution < 1.29 is 4.79 Å². The maximum Gasteiger partial charge on any atom is 0.243 e. The van der Waals surface area contributed by atoms with Crippen LogP contribution in [-0.2, 0) is 11.2 Å². The first-order valence-electron chi connectivity index (χ1n) is 7.75. The number of carbonyl (C=O) groups is 1. The van der Waals surface area contributed by atoms with Crippen molar-refractivity contribution in [3.63, 3.8) is 0 Å². The van der Waals surface area contributed by atoms with Crippen molar-refractivity contribution in [2.75, 3.05) is 33.7 Å². The zero-order valence-corrected chi connectivity index (χ0v) is 13.8. The molecule has 6 nitrogen and oxygen atoms in total. The van der Waals surface area contributed by atoms with E-state index in [9.17, 15) is 4.79 Å². The van der Waals surface area contributed by atoms with E-state index in [1.54, 1.807) is 25.2 Å². The number of unbranched alkanes of at least 4 members (excludes halogenated alkanes) is 1. The van der Waals surface area contributed by atoms with Gasteiger partial charge < -0.3 is 15.5 Å². The van der Waals surface area contributed by atoms with Gasteiger partial charge in [-0.15, -0.1) is 0 Å². The number of aromatic nitrogens is 1. The van der Waals surface area contributed by atoms with Gasteiger partial charge in [0.15, 0.2) is 5.96 Å². The van der Waals surface area contributed by atoms with Gasteiger partial charge in [-0.2, -0.15) is 0 Å². The highest BCUT2D eigenvalue weighted by molar-refractivity contribution is 5.84. The van der Waals surface area contributed by atoms with Gasteiger partial charge in [-0.05, 0) is 18.6 Å². The second kappa shape index (κ2) is 10.6. The van der Waals surface area contributed by atoms with Crippen LogP contribution in [0.2, 0.25) is 0 Å². The number of amides is 1. The van der Waals surface area contributed by atoms with E-state index in [4.69, 9.17) is 0 Å². The molecule has 0 bridgehead atoms. The molecule has 0 fully saturated rings. The lowest BCUT2D eigenvalue weighted by Crippen LogP contribution is -2.40. The number of aliphatic imine (C=N–C) groups is 1. The first kappa shape index (κ1) is 17.9. The number of carbonyl (C=O) groups excluding carboxylic acids is 1. The summed E-state index contributed by atoms with van der Waals surface area (Å²) < 4.78 is 0. The summed E-state index contributed by atoms with van der Waals surface area (Å²) in [5, 5.41) is 6.50. The largest absolute Gasteiger partial charge is 0.356 e. The van der Waals surface area contributed by atoms with Gasteiger partial charge in [-0.25, -0.2) is 4.99 Å². The maximum absolute atomic E-state index is 11.6. The smallest absolute Gasteiger partial charge is 0.243 e. The fourth-order valence-electron chi connectivity index (χ4n) is 1.70. The Balaban J connectivity index is 2.46. The van der Waals surface area contributed by atoms with Crippen LogP contribution in [-0.4, -0.2) is 55.5 Å². The number of hydrogen-bond acceptors (Lipinski definition) is 3. The third-order valence-corrected chi connectivity index (χ3v) is 3.09. The van der Waals surface area contributed by atoms with Crippen molar-refractivity contribution in [2.45, 2.75) is 26.2 Å². The molecule has 0 unspecified atom stereocenters. The highest BCUT2D eigenvalue weighted by Crippen LogP contribution is 1.93. The average molecular weight is 305 g/mol. The van der Waals surface area contributed by atoms with E-state index in [2.05, 4.69) is 27.5 Å². The zero-order valence-electron chi connectivity index (χ0n) is 13.8. The van der Waals surface area contributed by atoms with Gasteiger partial charge in [0.25, 0.3) is 0 Å². The summed E-state index contributed by atoms with van der Waals surface area (Å²) in [7, 11) is 3.47. The number of nitrogens with one attached hydrogen (secondary N) is 2. The first-order chi connectivity index (χ1) is 10.6. The quantitative estimate of drug-likeness (QED) is 0.428. The fourth-order valence-corrected chi connectivity index (χ4v) is 1.70. The molecule has 0 aromatic carbocycles. The molecule has 6 heteroatoms. The van der Waals surface area contributed by atoms with Gasteiger partial charge in [0.2, 0.25) is 5.91 Å². The second-order valence-corrected chi connectivity index (χ2v) is 5.23. The molecule has 1 heterocycles. The topological polar surface area (TPSA) is 69.6 Å². The molecular weight excluding hydrogens is 278 g/mol. The summed E-state index contributed by atoms with van der Waals surface area (Å²) in [6.45, 7) is 3.87. The summed E-state index contributed by atoms with van der Waals surface area (Å²) in [4.78, 5) is 21.8. The normalized spacial score (nSPS) is 11.1. The molecule has 0 atom stereocenters. The fraction of sp³-hybridized carbons (Fsp3) is 0.562. The van der Waals surface area contributed by atoms with Crippen LogP contribution in [0.15, 0.2) is 29.4 Å². The first-order valence-corrected chi connectivity index (χ1v) is 7.75. The van der Waals surface area contributed by atoms with E-state index in [0.29, 0.717) is 5.96 Å². The number of likely N-dealkylation sites (N-methyl/N-ethyl adjacent to an activating group) is 1. The highest BCUT2D eigenvalue weighted by Gasteiger charge is 2.04. The summed E-state index contributed by atoms with van der Waals surface area (Å²) in [5.41, 5.74) is 1.03. The monoisotopic (exact) mass is 305 g/mol. The standard InChI is InChI=1S/C16H27N5O/c1-4-5-10-18-16(20-13-15(22)21(2)3)19-12-9-14-8-6-7-11-17-14/h6-8,11H,4-5,9-10,12-13H2,1-3H3,(H2,18,19,20). The molecule has 0 aliphatic rings. The number of guanidine groups is 1. The molecule has 0 saturated heterocycles. The van der Waals surface area contributed by atoms with E-state index in [1.165, 1.54) is 0 Å². The lowest BCUT2D eigenvalue weighted by molar-refractivity contribution is -0.127. The zero-order chi connectivity index (χ0) is 16.2. The van der Waals surface area contributed by atoms with Crippen molar-refractivity contribution in [2.24, 2.45) is 4.99 Å². The van der Waals surface area contributed by atoms with Crippen LogP contribution in [0.5, 0.6) is 0 Å². The van der Waals surface area contributed by atoms with E-state index >= 15 is 0 Å². The highest BCUT2D eigenvalue weighted by atomic mass is 16.2. The van der Waals surface area contributed by atoms with E-state index in [1.807, 2.05) is 18.2 Å². The van der Waals surface area contributed by atoms with Gasteiger partial charge >= 0.3 is 0 Å². The van der Waals surface area contributed by atoms with Gasteiger partial charge in [0.1, 0.15) is 6.54 Å². The molecule has 0 spiro atoms. The number of hydrogen-bond donors (Lipinski definition) is 2. The molecule has 0 radical (unpaired) electrons. The van der Waals surface area contributed by atoms with Crippen molar-refractivity contribution in [1.82, 2.24) is 20.5 Å². The Bertz CT molecular complexity index is 459. The number of pyridine rings is 1. The Morgan fingerprint density at radius 1 is 1.27 bits per heavy atom. The Labute approximate surface area is 133 Å². The Hall–Kier alpha value is -2.11. The molecule has 1 amide bonds. The lowest BCUT2D eigenvalue weighted by Gasteiger charge is -2.13. The Morgan fingerprint density at radius 3 is 2.68 bits per heavy atom. The van der Waals surface area contributed by atoms with Crippen molar-refractivity contribution in [3.8, 4) is 0 Å². The van der Waals surface area contributed by atoms with Crippen LogP contribution in [0.1, 0.15) is 25.5 Å². The predicted molar refractivity (Wildman–Crippen MR) is 89.9 cm³/mol. The van der Waals surface area contributed by atoms with Gasteiger partial charge in [-0.3, -0.25) is 9.78 Å². The minimum Gasteiger partial charge on any atom is -0.356 e. The van der Waals surface area contributed by atoms with Crippen molar-refractivity contribution >= 4 is 11.9 Å². The summed E-state index contributed by atoms with van der Waals surface area (Å²) in [6, 6.07) is 5.88. The maximum atomic E-state index is 11.6. The number of nitrogens with zero attached hydrogens (tertiary/aromatic N) is 3. The SMILES string of the molecule is CCCCNC(=NCC(=O)N(C)C)NCCc1ccccn1. The average Bonchev–Trinajstić information content (AvgIpc) is 2.52. The van der Waals surface area contributed by atoms with Gasteiger partial charge in [0.05, 0.1) is 0 Å². The van der Waals surface area contributed by atoms with Crippen LogP contribution in [0.3, 0.4) is 0 Å². The third kappa shape index (κ3) is 7.61. The summed E-state index contributed by atoms with van der Waals surface area (Å²) >= 11 is 0. The van der Waals surface area contributed by atoms with E-state index in [0.717, 1.165) is 38.0 Å². The minimum absolute atomic E-state index is 0.0127. The molecule has 1 rings (SSSR count). The molecule has 122 valence electrons. The molecule has 1 aromatic heterocycles. The van der Waals surface area contributed by atoms with Gasteiger partial charge in [0, 0.05) is 45.5 Å². The van der Waals surface area contributed by atoms with Crippen LogP contribution in [0.4, 0.5) is 0 Å². The molecule has 2 N–H and O–H groups in total. The molecule has 1 aromatic rings. The van der Waals surface area contributed by atoms with E-state index in [-0.39, 0.29) is 12.5 Å². The summed E-state index contributed by atoms with van der Waals surface area (Å²) in [5.74, 6) is 0.667. The van der Waals surface area contributed by atoms with Crippen LogP contribution in [0.25, 0.3) is 0 Å². The molecule has 0 aliphatic heterocycles. The van der Waals surface area contributed by atoms with Crippen LogP contribution >= 0.6 is 0 Å². The summed E-state index contributed by atoms with van der Waals surface area (Å²) in [6.07, 6.45) is 4.80. The van der Waals surface area contributed by atoms with E-state index < -0.39 is 0 Å². The second-order valence-electron chi connectivity index (χ2n) is 5.23. The Morgan fingerprint density at radius 2 is 2.05 bits per heavy atom. The molecule has 0 saturated carbocycles. The van der Waals surface area contributed by atoms with Crippen molar-refractivity contribution in [3.05, 3.63) is 30.1 Å². The van der Waals surface area contributed by atoms with Crippen molar-refractivity contribution in [1.29, 1.82) is 0 Å². The van der Waals surface area contributed by atoms with Crippen LogP contribution < -0.4 is 10.6 Å². The molecular formula is C16H27N5O. The molecule has 0 aliphatic carbocycles. The number of rotatable bonds is 8. The third-order valence-electron chi connectivity index (χ3n) is 3.09. The lowest BCUT2D eigenvalue weighted by atomic mass is 10.3.